The van der Waals surface area contributed by atoms with Crippen LogP contribution in [0.3, 0.4) is 0 Å². The first-order chi connectivity index (χ1) is 6.68. The Morgan fingerprint density at radius 3 is 2.93 bits per heavy atom. The zero-order chi connectivity index (χ0) is 10.1. The molecule has 0 unspecified atom stereocenters. The average molecular weight is 273 g/mol. The number of thiophene rings is 1. The zero-order valence-corrected chi connectivity index (χ0v) is 9.82. The minimum Gasteiger partial charge on any atom is -0.312 e. The van der Waals surface area contributed by atoms with Crippen molar-refractivity contribution in [2.75, 3.05) is 11.4 Å². The molecule has 1 aromatic heterocycles. The molecule has 1 saturated heterocycles. The fourth-order valence-corrected chi connectivity index (χ4v) is 2.82. The van der Waals surface area contributed by atoms with Crippen molar-refractivity contribution in [3.05, 3.63) is 27.5 Å². The summed E-state index contributed by atoms with van der Waals surface area (Å²) >= 11 is 4.98. The molecule has 0 bridgehead atoms. The number of halogens is 1. The lowest BCUT2D eigenvalue weighted by Gasteiger charge is -2.28. The van der Waals surface area contributed by atoms with Crippen molar-refractivity contribution in [3.8, 4) is 0 Å². The molecule has 74 valence electrons. The van der Waals surface area contributed by atoms with Crippen molar-refractivity contribution in [2.24, 2.45) is 0 Å². The molecule has 0 aromatic carbocycles. The van der Waals surface area contributed by atoms with E-state index in [1.807, 2.05) is 10.8 Å². The van der Waals surface area contributed by atoms with Gasteiger partial charge in [-0.2, -0.15) is 0 Å². The molecular weight excluding hydrogens is 264 g/mol. The highest BCUT2D eigenvalue weighted by atomic mass is 79.9. The van der Waals surface area contributed by atoms with Crippen LogP contribution in [0.5, 0.6) is 0 Å². The lowest BCUT2D eigenvalue weighted by molar-refractivity contribution is 0.246. The van der Waals surface area contributed by atoms with E-state index in [4.69, 9.17) is 0 Å². The third-order valence-corrected chi connectivity index (χ3v) is 3.72. The number of anilines is 1. The topological polar surface area (TPSA) is 32.3 Å². The first-order valence-electron chi connectivity index (χ1n) is 4.16. The van der Waals surface area contributed by atoms with Gasteiger partial charge in [0.2, 0.25) is 0 Å². The van der Waals surface area contributed by atoms with Crippen LogP contribution in [0, 0.1) is 0 Å². The summed E-state index contributed by atoms with van der Waals surface area (Å²) in [5.41, 5.74) is 1.72. The van der Waals surface area contributed by atoms with Gasteiger partial charge >= 0.3 is 6.03 Å². The molecule has 0 saturated carbocycles. The molecule has 14 heavy (non-hydrogen) atoms. The molecule has 3 nitrogen and oxygen atoms in total. The van der Waals surface area contributed by atoms with Crippen LogP contribution in [-0.2, 0) is 0 Å². The van der Waals surface area contributed by atoms with E-state index in [0.717, 1.165) is 22.3 Å². The van der Waals surface area contributed by atoms with E-state index in [9.17, 15) is 4.79 Å². The van der Waals surface area contributed by atoms with Gasteiger partial charge in [-0.1, -0.05) is 6.58 Å². The maximum absolute atomic E-state index is 11.6. The number of amides is 2. The second-order valence-electron chi connectivity index (χ2n) is 3.04. The number of hydrogen-bond donors (Lipinski definition) is 1. The predicted octanol–water partition coefficient (Wildman–Crippen LogP) is 2.94. The van der Waals surface area contributed by atoms with E-state index in [-0.39, 0.29) is 6.03 Å². The van der Waals surface area contributed by atoms with E-state index < -0.39 is 0 Å². The van der Waals surface area contributed by atoms with E-state index in [0.29, 0.717) is 6.54 Å². The summed E-state index contributed by atoms with van der Waals surface area (Å²) in [5.74, 6) is 0. The molecule has 2 heterocycles. The Bertz CT molecular complexity index is 388. The normalized spacial score (nSPS) is 17.1. The van der Waals surface area contributed by atoms with E-state index in [1.54, 1.807) is 16.2 Å². The summed E-state index contributed by atoms with van der Waals surface area (Å²) in [7, 11) is 0. The number of nitrogens with one attached hydrogen (secondary N) is 1. The first kappa shape index (κ1) is 9.73. The summed E-state index contributed by atoms with van der Waals surface area (Å²) in [6.45, 7) is 4.43. The first-order valence-corrected chi connectivity index (χ1v) is 5.90. The molecule has 2 amide bonds. The maximum atomic E-state index is 11.6. The van der Waals surface area contributed by atoms with Gasteiger partial charge in [0.25, 0.3) is 0 Å². The molecule has 1 N–H and O–H groups in total. The van der Waals surface area contributed by atoms with Gasteiger partial charge in [0, 0.05) is 29.4 Å². The zero-order valence-electron chi connectivity index (χ0n) is 7.42. The maximum Gasteiger partial charge on any atom is 0.326 e. The average Bonchev–Trinajstić information content (AvgIpc) is 2.52. The van der Waals surface area contributed by atoms with Crippen LogP contribution in [0.25, 0.3) is 0 Å². The molecule has 1 aromatic rings. The fraction of sp³-hybridized carbons (Fsp3) is 0.222. The molecular formula is C9H9BrN2OS. The van der Waals surface area contributed by atoms with Gasteiger partial charge in [0.05, 0.1) is 10.2 Å². The fourth-order valence-electron chi connectivity index (χ4n) is 1.33. The number of hydrogen-bond acceptors (Lipinski definition) is 2. The molecule has 1 aliphatic rings. The van der Waals surface area contributed by atoms with Crippen molar-refractivity contribution in [2.45, 2.75) is 6.42 Å². The SMILES string of the molecule is C=C1CCN(c2cscc2Br)C(=O)N1. The number of rotatable bonds is 1. The second-order valence-corrected chi connectivity index (χ2v) is 4.64. The standard InChI is InChI=1S/C9H9BrN2OS/c1-6-2-3-12(9(13)11-6)8-5-14-4-7(8)10/h4-5H,1-3H2,(H,11,13). The minimum absolute atomic E-state index is 0.0969. The molecule has 0 atom stereocenters. The van der Waals surface area contributed by atoms with Gasteiger partial charge in [0.1, 0.15) is 0 Å². The molecule has 5 heteroatoms. The summed E-state index contributed by atoms with van der Waals surface area (Å²) in [6.07, 6.45) is 0.800. The van der Waals surface area contributed by atoms with Crippen LogP contribution < -0.4 is 10.2 Å². The minimum atomic E-state index is -0.0969. The second kappa shape index (κ2) is 3.74. The summed E-state index contributed by atoms with van der Waals surface area (Å²) < 4.78 is 0.963. The molecule has 0 spiro atoms. The summed E-state index contributed by atoms with van der Waals surface area (Å²) in [5, 5.41) is 6.64. The number of urea groups is 1. The highest BCUT2D eigenvalue weighted by Crippen LogP contribution is 2.31. The van der Waals surface area contributed by atoms with E-state index in [1.165, 1.54) is 0 Å². The van der Waals surface area contributed by atoms with Crippen LogP contribution in [0.4, 0.5) is 10.5 Å². The molecule has 1 aliphatic heterocycles. The van der Waals surface area contributed by atoms with Crippen LogP contribution in [-0.4, -0.2) is 12.6 Å². The van der Waals surface area contributed by atoms with Crippen LogP contribution in [0.2, 0.25) is 0 Å². The molecule has 0 radical (unpaired) electrons. The Balaban J connectivity index is 2.24. The summed E-state index contributed by atoms with van der Waals surface area (Å²) in [6, 6.07) is -0.0969. The third-order valence-electron chi connectivity index (χ3n) is 2.05. The molecule has 2 rings (SSSR count). The number of carbonyl (C=O) groups excluding carboxylic acids is 1. The lowest BCUT2D eigenvalue weighted by Crippen LogP contribution is -2.45. The molecule has 0 aliphatic carbocycles. The van der Waals surface area contributed by atoms with Gasteiger partial charge in [-0.3, -0.25) is 4.90 Å². The summed E-state index contributed by atoms with van der Waals surface area (Å²) in [4.78, 5) is 13.3. The van der Waals surface area contributed by atoms with Crippen molar-refractivity contribution in [1.82, 2.24) is 5.32 Å². The number of carbonyl (C=O) groups is 1. The highest BCUT2D eigenvalue weighted by Gasteiger charge is 2.23. The van der Waals surface area contributed by atoms with Gasteiger partial charge in [0.15, 0.2) is 0 Å². The highest BCUT2D eigenvalue weighted by molar-refractivity contribution is 9.10. The van der Waals surface area contributed by atoms with Gasteiger partial charge in [-0.25, -0.2) is 4.79 Å². The smallest absolute Gasteiger partial charge is 0.312 e. The van der Waals surface area contributed by atoms with Crippen LogP contribution in [0.1, 0.15) is 6.42 Å². The van der Waals surface area contributed by atoms with Crippen molar-refractivity contribution >= 4 is 39.0 Å². The molecule has 1 fully saturated rings. The van der Waals surface area contributed by atoms with E-state index >= 15 is 0 Å². The van der Waals surface area contributed by atoms with E-state index in [2.05, 4.69) is 27.8 Å². The Morgan fingerprint density at radius 2 is 2.36 bits per heavy atom. The number of nitrogens with zero attached hydrogens (tertiary/aromatic N) is 1. The van der Waals surface area contributed by atoms with Gasteiger partial charge < -0.3 is 5.32 Å². The van der Waals surface area contributed by atoms with Gasteiger partial charge in [-0.15, -0.1) is 11.3 Å². The Kier molecular flexibility index (Phi) is 2.60. The Labute approximate surface area is 94.5 Å². The van der Waals surface area contributed by atoms with Crippen LogP contribution >= 0.6 is 27.3 Å². The quantitative estimate of drug-likeness (QED) is 0.838. The lowest BCUT2D eigenvalue weighted by atomic mass is 10.2. The third kappa shape index (κ3) is 1.69. The van der Waals surface area contributed by atoms with Crippen molar-refractivity contribution < 1.29 is 4.79 Å². The predicted molar refractivity (Wildman–Crippen MR) is 61.7 cm³/mol. The van der Waals surface area contributed by atoms with Gasteiger partial charge in [-0.05, 0) is 15.9 Å². The van der Waals surface area contributed by atoms with Crippen molar-refractivity contribution in [1.29, 1.82) is 0 Å². The monoisotopic (exact) mass is 272 g/mol. The van der Waals surface area contributed by atoms with Crippen molar-refractivity contribution in [3.63, 3.8) is 0 Å². The largest absolute Gasteiger partial charge is 0.326 e. The Hall–Kier alpha value is -0.810. The van der Waals surface area contributed by atoms with Crippen LogP contribution in [0.15, 0.2) is 27.5 Å². The Morgan fingerprint density at radius 1 is 1.57 bits per heavy atom.